The highest BCUT2D eigenvalue weighted by molar-refractivity contribution is 5.76. The van der Waals surface area contributed by atoms with Crippen LogP contribution in [0.3, 0.4) is 0 Å². The Kier molecular flexibility index (Phi) is 7.11. The van der Waals surface area contributed by atoms with Crippen molar-refractivity contribution in [2.24, 2.45) is 0 Å². The van der Waals surface area contributed by atoms with Crippen molar-refractivity contribution in [3.05, 3.63) is 60.2 Å². The Hall–Kier alpha value is -2.53. The minimum absolute atomic E-state index is 0.00465. The molecule has 5 nitrogen and oxygen atoms in total. The Bertz CT molecular complexity index is 715. The minimum atomic E-state index is 0.00465. The molecule has 1 atom stereocenters. The maximum Gasteiger partial charge on any atom is 0.223 e. The van der Waals surface area contributed by atoms with E-state index in [9.17, 15) is 4.79 Å². The number of nitrogens with zero attached hydrogens (tertiary/aromatic N) is 1. The number of methoxy groups -OCH3 is 1. The molecule has 1 fully saturated rings. The predicted molar refractivity (Wildman–Crippen MR) is 106 cm³/mol. The maximum absolute atomic E-state index is 12.3. The normalized spacial score (nSPS) is 15.3. The Morgan fingerprint density at radius 3 is 2.41 bits per heavy atom. The molecule has 0 radical (unpaired) electrons. The van der Waals surface area contributed by atoms with Gasteiger partial charge in [0.15, 0.2) is 11.5 Å². The van der Waals surface area contributed by atoms with E-state index in [0.717, 1.165) is 13.1 Å². The minimum Gasteiger partial charge on any atom is -0.493 e. The SMILES string of the molecule is COc1ccccc1OCCC(=O)NCC(c1ccccc1)N1CCCC1. The van der Waals surface area contributed by atoms with Crippen LogP contribution in [0.25, 0.3) is 0 Å². The number of benzene rings is 2. The largest absolute Gasteiger partial charge is 0.493 e. The zero-order valence-corrected chi connectivity index (χ0v) is 15.9. The van der Waals surface area contributed by atoms with Crippen LogP contribution >= 0.6 is 0 Å². The van der Waals surface area contributed by atoms with Gasteiger partial charge in [-0.1, -0.05) is 42.5 Å². The van der Waals surface area contributed by atoms with Crippen LogP contribution in [0.4, 0.5) is 0 Å². The highest BCUT2D eigenvalue weighted by atomic mass is 16.5. The third kappa shape index (κ3) is 5.47. The molecule has 0 aromatic heterocycles. The molecule has 144 valence electrons. The fourth-order valence-electron chi connectivity index (χ4n) is 3.48. The number of amides is 1. The summed E-state index contributed by atoms with van der Waals surface area (Å²) < 4.78 is 11.0. The maximum atomic E-state index is 12.3. The molecule has 1 unspecified atom stereocenters. The first-order chi connectivity index (χ1) is 13.3. The summed E-state index contributed by atoms with van der Waals surface area (Å²) in [6.45, 7) is 3.13. The number of ether oxygens (including phenoxy) is 2. The van der Waals surface area contributed by atoms with E-state index >= 15 is 0 Å². The van der Waals surface area contributed by atoms with Gasteiger partial charge in [-0.2, -0.15) is 0 Å². The Labute approximate surface area is 161 Å². The highest BCUT2D eigenvalue weighted by Crippen LogP contribution is 2.26. The summed E-state index contributed by atoms with van der Waals surface area (Å²) in [5, 5.41) is 3.08. The molecule has 0 spiro atoms. The molecule has 0 bridgehead atoms. The van der Waals surface area contributed by atoms with E-state index in [1.54, 1.807) is 7.11 Å². The van der Waals surface area contributed by atoms with Crippen molar-refractivity contribution >= 4 is 5.91 Å². The van der Waals surface area contributed by atoms with E-state index in [4.69, 9.17) is 9.47 Å². The molecule has 1 N–H and O–H groups in total. The number of para-hydroxylation sites is 2. The van der Waals surface area contributed by atoms with E-state index in [1.165, 1.54) is 18.4 Å². The molecule has 1 heterocycles. The lowest BCUT2D eigenvalue weighted by Gasteiger charge is -2.28. The van der Waals surface area contributed by atoms with Crippen LogP contribution in [0.1, 0.15) is 30.9 Å². The van der Waals surface area contributed by atoms with Crippen LogP contribution in [0.2, 0.25) is 0 Å². The summed E-state index contributed by atoms with van der Waals surface area (Å²) in [6, 6.07) is 18.1. The summed E-state index contributed by atoms with van der Waals surface area (Å²) in [6.07, 6.45) is 2.77. The second kappa shape index (κ2) is 9.97. The molecular weight excluding hydrogens is 340 g/mol. The lowest BCUT2D eigenvalue weighted by molar-refractivity contribution is -0.121. The van der Waals surface area contributed by atoms with Gasteiger partial charge in [0.05, 0.1) is 26.2 Å². The van der Waals surface area contributed by atoms with Crippen LogP contribution in [0.15, 0.2) is 54.6 Å². The smallest absolute Gasteiger partial charge is 0.223 e. The van der Waals surface area contributed by atoms with Crippen LogP contribution in [-0.4, -0.2) is 44.2 Å². The average Bonchev–Trinajstić information content (AvgIpc) is 3.24. The molecule has 1 amide bonds. The van der Waals surface area contributed by atoms with E-state index in [2.05, 4.69) is 34.5 Å². The molecule has 1 aliphatic heterocycles. The van der Waals surface area contributed by atoms with Crippen molar-refractivity contribution in [2.75, 3.05) is 33.4 Å². The van der Waals surface area contributed by atoms with Crippen molar-refractivity contribution in [3.63, 3.8) is 0 Å². The lowest BCUT2D eigenvalue weighted by atomic mass is 10.1. The molecule has 2 aromatic carbocycles. The number of rotatable bonds is 9. The van der Waals surface area contributed by atoms with Crippen molar-refractivity contribution in [3.8, 4) is 11.5 Å². The van der Waals surface area contributed by atoms with Crippen molar-refractivity contribution in [1.29, 1.82) is 0 Å². The van der Waals surface area contributed by atoms with Gasteiger partial charge in [0.2, 0.25) is 5.91 Å². The lowest BCUT2D eigenvalue weighted by Crippen LogP contribution is -2.37. The molecule has 0 saturated carbocycles. The van der Waals surface area contributed by atoms with Gasteiger partial charge < -0.3 is 14.8 Å². The number of hydrogen-bond donors (Lipinski definition) is 1. The fraction of sp³-hybridized carbons (Fsp3) is 0.409. The molecule has 27 heavy (non-hydrogen) atoms. The number of hydrogen-bond acceptors (Lipinski definition) is 4. The predicted octanol–water partition coefficient (Wildman–Crippen LogP) is 3.42. The summed E-state index contributed by atoms with van der Waals surface area (Å²) in [5.41, 5.74) is 1.25. The van der Waals surface area contributed by atoms with Crippen LogP contribution in [-0.2, 0) is 4.79 Å². The second-order valence-electron chi connectivity index (χ2n) is 6.72. The number of nitrogens with one attached hydrogen (secondary N) is 1. The first kappa shape index (κ1) is 19.2. The molecular formula is C22H28N2O3. The molecule has 2 aromatic rings. The van der Waals surface area contributed by atoms with Crippen molar-refractivity contribution in [1.82, 2.24) is 10.2 Å². The Morgan fingerprint density at radius 1 is 1.04 bits per heavy atom. The fourth-order valence-corrected chi connectivity index (χ4v) is 3.48. The van der Waals surface area contributed by atoms with Gasteiger partial charge >= 0.3 is 0 Å². The van der Waals surface area contributed by atoms with Gasteiger partial charge in [0.1, 0.15) is 0 Å². The van der Waals surface area contributed by atoms with Gasteiger partial charge in [-0.05, 0) is 43.6 Å². The number of carbonyl (C=O) groups is 1. The van der Waals surface area contributed by atoms with Crippen molar-refractivity contribution in [2.45, 2.75) is 25.3 Å². The van der Waals surface area contributed by atoms with Gasteiger partial charge in [-0.3, -0.25) is 9.69 Å². The first-order valence-electron chi connectivity index (χ1n) is 9.59. The average molecular weight is 368 g/mol. The Morgan fingerprint density at radius 2 is 1.70 bits per heavy atom. The standard InChI is InChI=1S/C22H28N2O3/c1-26-20-11-5-6-12-21(20)27-16-13-22(25)23-17-19(24-14-7-8-15-24)18-9-3-2-4-10-18/h2-6,9-12,19H,7-8,13-17H2,1H3,(H,23,25). The van der Waals surface area contributed by atoms with Gasteiger partial charge in [0.25, 0.3) is 0 Å². The highest BCUT2D eigenvalue weighted by Gasteiger charge is 2.23. The molecule has 1 saturated heterocycles. The quantitative estimate of drug-likeness (QED) is 0.737. The zero-order chi connectivity index (χ0) is 18.9. The van der Waals surface area contributed by atoms with E-state index < -0.39 is 0 Å². The first-order valence-corrected chi connectivity index (χ1v) is 9.59. The van der Waals surface area contributed by atoms with Crippen LogP contribution < -0.4 is 14.8 Å². The molecule has 3 rings (SSSR count). The van der Waals surface area contributed by atoms with Crippen LogP contribution in [0.5, 0.6) is 11.5 Å². The van der Waals surface area contributed by atoms with Gasteiger partial charge in [-0.25, -0.2) is 0 Å². The third-order valence-electron chi connectivity index (χ3n) is 4.91. The summed E-state index contributed by atoms with van der Waals surface area (Å²) >= 11 is 0. The third-order valence-corrected chi connectivity index (χ3v) is 4.91. The van der Waals surface area contributed by atoms with Crippen LogP contribution in [0, 0.1) is 0 Å². The summed E-state index contributed by atoms with van der Waals surface area (Å²) in [4.78, 5) is 14.8. The van der Waals surface area contributed by atoms with E-state index in [-0.39, 0.29) is 11.9 Å². The molecule has 1 aliphatic rings. The zero-order valence-electron chi connectivity index (χ0n) is 15.9. The molecule has 5 heteroatoms. The topological polar surface area (TPSA) is 50.8 Å². The summed E-state index contributed by atoms with van der Waals surface area (Å²) in [5.74, 6) is 1.34. The summed E-state index contributed by atoms with van der Waals surface area (Å²) in [7, 11) is 1.61. The number of likely N-dealkylation sites (tertiary alicyclic amines) is 1. The Balaban J connectivity index is 1.49. The van der Waals surface area contributed by atoms with E-state index in [1.807, 2.05) is 30.3 Å². The second-order valence-corrected chi connectivity index (χ2v) is 6.72. The monoisotopic (exact) mass is 368 g/mol. The van der Waals surface area contributed by atoms with E-state index in [0.29, 0.717) is 31.1 Å². The van der Waals surface area contributed by atoms with Crippen molar-refractivity contribution < 1.29 is 14.3 Å². The van der Waals surface area contributed by atoms with Gasteiger partial charge in [0, 0.05) is 6.54 Å². The molecule has 0 aliphatic carbocycles. The van der Waals surface area contributed by atoms with Gasteiger partial charge in [-0.15, -0.1) is 0 Å². The number of carbonyl (C=O) groups excluding carboxylic acids is 1.